The third-order valence-electron chi connectivity index (χ3n) is 4.33. The van der Waals surface area contributed by atoms with Crippen LogP contribution in [0, 0.1) is 17.0 Å². The molecular weight excluding hydrogens is 280 g/mol. The van der Waals surface area contributed by atoms with Gasteiger partial charge in [0.05, 0.1) is 11.1 Å². The molecule has 0 saturated carbocycles. The van der Waals surface area contributed by atoms with Gasteiger partial charge in [0, 0.05) is 43.0 Å². The molecule has 0 amide bonds. The van der Waals surface area contributed by atoms with Crippen LogP contribution in [0.3, 0.4) is 0 Å². The van der Waals surface area contributed by atoms with Gasteiger partial charge < -0.3 is 0 Å². The molecule has 2 heterocycles. The molecule has 1 aromatic carbocycles. The van der Waals surface area contributed by atoms with Crippen LogP contribution in [0.5, 0.6) is 0 Å². The Morgan fingerprint density at radius 3 is 2.95 bits per heavy atom. The highest BCUT2D eigenvalue weighted by Gasteiger charge is 2.27. The van der Waals surface area contributed by atoms with Crippen molar-refractivity contribution in [2.24, 2.45) is 7.05 Å². The van der Waals surface area contributed by atoms with E-state index in [2.05, 4.69) is 16.2 Å². The Morgan fingerprint density at radius 2 is 2.27 bits per heavy atom. The normalized spacial score (nSPS) is 18.7. The van der Waals surface area contributed by atoms with Crippen LogP contribution in [-0.2, 0) is 13.6 Å². The summed E-state index contributed by atoms with van der Waals surface area (Å²) in [5.41, 5.74) is 3.13. The van der Waals surface area contributed by atoms with Crippen LogP contribution in [0.2, 0.25) is 0 Å². The highest BCUT2D eigenvalue weighted by Crippen LogP contribution is 2.33. The first-order chi connectivity index (χ1) is 10.5. The number of aryl methyl sites for hydroxylation is 2. The van der Waals surface area contributed by atoms with Gasteiger partial charge in [0.15, 0.2) is 0 Å². The minimum Gasteiger partial charge on any atom is -0.292 e. The largest absolute Gasteiger partial charge is 0.292 e. The zero-order valence-electron chi connectivity index (χ0n) is 12.9. The first-order valence-corrected chi connectivity index (χ1v) is 7.51. The van der Waals surface area contributed by atoms with E-state index in [-0.39, 0.29) is 10.6 Å². The van der Waals surface area contributed by atoms with Crippen LogP contribution in [0.4, 0.5) is 5.69 Å². The summed E-state index contributed by atoms with van der Waals surface area (Å²) >= 11 is 0. The van der Waals surface area contributed by atoms with Crippen molar-refractivity contribution < 1.29 is 4.92 Å². The number of nitro groups is 1. The fourth-order valence-electron chi connectivity index (χ4n) is 3.19. The maximum absolute atomic E-state index is 11.1. The lowest BCUT2D eigenvalue weighted by Crippen LogP contribution is -2.22. The summed E-state index contributed by atoms with van der Waals surface area (Å²) in [4.78, 5) is 13.2. The molecule has 3 rings (SSSR count). The molecule has 0 N–H and O–H groups in total. The van der Waals surface area contributed by atoms with Crippen LogP contribution in [0.25, 0.3) is 0 Å². The van der Waals surface area contributed by atoms with Crippen molar-refractivity contribution in [3.05, 3.63) is 57.4 Å². The number of hydrogen-bond acceptors (Lipinski definition) is 4. The molecule has 1 aliphatic heterocycles. The van der Waals surface area contributed by atoms with Crippen molar-refractivity contribution in [2.75, 3.05) is 6.54 Å². The minimum atomic E-state index is -0.304. The van der Waals surface area contributed by atoms with Crippen molar-refractivity contribution >= 4 is 5.69 Å². The fourth-order valence-corrected chi connectivity index (χ4v) is 3.19. The second-order valence-electron chi connectivity index (χ2n) is 5.95. The molecule has 1 aliphatic rings. The quantitative estimate of drug-likeness (QED) is 0.643. The molecule has 1 aromatic heterocycles. The molecular formula is C16H20N4O2. The third-order valence-corrected chi connectivity index (χ3v) is 4.33. The summed E-state index contributed by atoms with van der Waals surface area (Å²) in [6.45, 7) is 3.53. The molecule has 0 unspecified atom stereocenters. The lowest BCUT2D eigenvalue weighted by atomic mass is 10.1. The van der Waals surface area contributed by atoms with E-state index in [0.717, 1.165) is 31.5 Å². The average Bonchev–Trinajstić information content (AvgIpc) is 3.09. The lowest BCUT2D eigenvalue weighted by Gasteiger charge is -2.23. The predicted molar refractivity (Wildman–Crippen MR) is 83.4 cm³/mol. The van der Waals surface area contributed by atoms with E-state index in [1.807, 2.05) is 30.1 Å². The molecule has 1 atom stereocenters. The first kappa shape index (κ1) is 14.7. The summed E-state index contributed by atoms with van der Waals surface area (Å²) in [5.74, 6) is 0. The predicted octanol–water partition coefficient (Wildman–Crippen LogP) is 2.97. The summed E-state index contributed by atoms with van der Waals surface area (Å²) in [5, 5.41) is 15.3. The number of hydrogen-bond donors (Lipinski definition) is 0. The summed E-state index contributed by atoms with van der Waals surface area (Å²) < 4.78 is 1.82. The molecule has 116 valence electrons. The highest BCUT2D eigenvalue weighted by atomic mass is 16.6. The molecule has 0 aliphatic carbocycles. The third kappa shape index (κ3) is 2.87. The zero-order valence-corrected chi connectivity index (χ0v) is 12.9. The van der Waals surface area contributed by atoms with Crippen molar-refractivity contribution in [3.63, 3.8) is 0 Å². The van der Waals surface area contributed by atoms with E-state index in [9.17, 15) is 10.1 Å². The van der Waals surface area contributed by atoms with Crippen molar-refractivity contribution in [1.82, 2.24) is 14.7 Å². The van der Waals surface area contributed by atoms with E-state index >= 15 is 0 Å². The van der Waals surface area contributed by atoms with Crippen LogP contribution < -0.4 is 0 Å². The van der Waals surface area contributed by atoms with Gasteiger partial charge in [-0.3, -0.25) is 19.7 Å². The van der Waals surface area contributed by atoms with Crippen LogP contribution >= 0.6 is 0 Å². The maximum Gasteiger partial charge on any atom is 0.272 e. The van der Waals surface area contributed by atoms with Gasteiger partial charge in [-0.25, -0.2) is 0 Å². The van der Waals surface area contributed by atoms with Gasteiger partial charge in [0.2, 0.25) is 0 Å². The van der Waals surface area contributed by atoms with Crippen molar-refractivity contribution in [3.8, 4) is 0 Å². The summed E-state index contributed by atoms with van der Waals surface area (Å²) in [6, 6.07) is 5.88. The molecule has 0 spiro atoms. The highest BCUT2D eigenvalue weighted by molar-refractivity contribution is 5.42. The Morgan fingerprint density at radius 1 is 1.45 bits per heavy atom. The van der Waals surface area contributed by atoms with Crippen LogP contribution in [0.1, 0.15) is 35.6 Å². The Bertz CT molecular complexity index is 695. The van der Waals surface area contributed by atoms with Gasteiger partial charge in [-0.1, -0.05) is 12.1 Å². The number of aromatic nitrogens is 2. The van der Waals surface area contributed by atoms with Gasteiger partial charge in [-0.2, -0.15) is 5.10 Å². The Balaban J connectivity index is 1.80. The summed E-state index contributed by atoms with van der Waals surface area (Å²) in [7, 11) is 1.92. The van der Waals surface area contributed by atoms with Crippen molar-refractivity contribution in [2.45, 2.75) is 32.4 Å². The van der Waals surface area contributed by atoms with E-state index in [1.54, 1.807) is 13.0 Å². The molecule has 0 radical (unpaired) electrons. The van der Waals surface area contributed by atoms with Crippen LogP contribution in [-0.4, -0.2) is 26.1 Å². The topological polar surface area (TPSA) is 64.2 Å². The maximum atomic E-state index is 11.1. The number of nitro benzene ring substituents is 1. The molecule has 6 heteroatoms. The van der Waals surface area contributed by atoms with Crippen molar-refractivity contribution in [1.29, 1.82) is 0 Å². The molecule has 22 heavy (non-hydrogen) atoms. The lowest BCUT2D eigenvalue weighted by molar-refractivity contribution is -0.385. The van der Waals surface area contributed by atoms with Gasteiger partial charge in [-0.15, -0.1) is 0 Å². The number of rotatable bonds is 4. The zero-order chi connectivity index (χ0) is 15.7. The summed E-state index contributed by atoms with van der Waals surface area (Å²) in [6.07, 6.45) is 6.23. The Kier molecular flexibility index (Phi) is 3.94. The monoisotopic (exact) mass is 300 g/mol. The minimum absolute atomic E-state index is 0.203. The van der Waals surface area contributed by atoms with E-state index in [1.165, 1.54) is 5.56 Å². The van der Waals surface area contributed by atoms with E-state index < -0.39 is 0 Å². The molecule has 0 bridgehead atoms. The molecule has 6 nitrogen and oxygen atoms in total. The molecule has 1 fully saturated rings. The fraction of sp³-hybridized carbons (Fsp3) is 0.438. The van der Waals surface area contributed by atoms with Gasteiger partial charge >= 0.3 is 0 Å². The Hall–Kier alpha value is -2.21. The average molecular weight is 300 g/mol. The Labute approximate surface area is 129 Å². The first-order valence-electron chi connectivity index (χ1n) is 7.51. The number of benzene rings is 1. The molecule has 2 aromatic rings. The van der Waals surface area contributed by atoms with Gasteiger partial charge in [-0.05, 0) is 31.9 Å². The van der Waals surface area contributed by atoms with Crippen LogP contribution in [0.15, 0.2) is 30.6 Å². The number of nitrogens with zero attached hydrogens (tertiary/aromatic N) is 4. The van der Waals surface area contributed by atoms with Gasteiger partial charge in [0.25, 0.3) is 5.69 Å². The van der Waals surface area contributed by atoms with E-state index in [0.29, 0.717) is 11.6 Å². The van der Waals surface area contributed by atoms with Gasteiger partial charge in [0.1, 0.15) is 0 Å². The standard InChI is InChI=1S/C16H20N4O2/c1-12-5-6-13(8-16(12)20(21)22)10-19-7-3-4-15(19)14-9-17-18(2)11-14/h5-6,8-9,11,15H,3-4,7,10H2,1-2H3/t15-/m1/s1. The second-order valence-corrected chi connectivity index (χ2v) is 5.95. The van der Waals surface area contributed by atoms with E-state index in [4.69, 9.17) is 0 Å². The molecule has 1 saturated heterocycles. The number of likely N-dealkylation sites (tertiary alicyclic amines) is 1. The SMILES string of the molecule is Cc1ccc(CN2CCC[C@@H]2c2cnn(C)c2)cc1[N+](=O)[O-]. The smallest absolute Gasteiger partial charge is 0.272 e. The second kappa shape index (κ2) is 5.88.